The number of halogens is 2. The van der Waals surface area contributed by atoms with Gasteiger partial charge in [-0.25, -0.2) is 10.2 Å². The molecule has 0 bridgehead atoms. The quantitative estimate of drug-likeness (QED) is 0.576. The van der Waals surface area contributed by atoms with E-state index in [1.165, 1.54) is 6.21 Å². The third-order valence-corrected chi connectivity index (χ3v) is 4.36. The molecule has 2 aromatic rings. The molecule has 2 heterocycles. The molecular weight excluding hydrogens is 412 g/mol. The van der Waals surface area contributed by atoms with Crippen LogP contribution in [-0.2, 0) is 4.74 Å². The number of hydrogen-bond donors (Lipinski definition) is 2. The Morgan fingerprint density at radius 2 is 2.08 bits per heavy atom. The number of furan rings is 1. The highest BCUT2D eigenvalue weighted by atomic mass is 79.9. The minimum atomic E-state index is -0.497. The minimum absolute atomic E-state index is 0.451. The van der Waals surface area contributed by atoms with Crippen molar-refractivity contribution in [3.05, 3.63) is 45.6 Å². The van der Waals surface area contributed by atoms with Gasteiger partial charge in [0.1, 0.15) is 0 Å². The maximum atomic E-state index is 11.8. The van der Waals surface area contributed by atoms with E-state index in [9.17, 15) is 4.79 Å². The van der Waals surface area contributed by atoms with Crippen LogP contribution < -0.4 is 15.6 Å². The molecule has 3 rings (SSSR count). The Morgan fingerprint density at radius 3 is 2.84 bits per heavy atom. The molecule has 1 aromatic carbocycles. The normalized spacial score (nSPS) is 14.7. The number of ether oxygens (including phenoxy) is 1. The summed E-state index contributed by atoms with van der Waals surface area (Å²) in [5.74, 6) is 1.25. The van der Waals surface area contributed by atoms with Crippen molar-refractivity contribution in [1.82, 2.24) is 5.43 Å². The number of benzene rings is 1. The van der Waals surface area contributed by atoms with Gasteiger partial charge in [0.05, 0.1) is 34.6 Å². The molecule has 0 radical (unpaired) electrons. The van der Waals surface area contributed by atoms with Crippen LogP contribution in [-0.4, -0.2) is 38.5 Å². The van der Waals surface area contributed by atoms with Crippen LogP contribution >= 0.6 is 27.5 Å². The van der Waals surface area contributed by atoms with Gasteiger partial charge in [0.25, 0.3) is 0 Å². The molecule has 0 aliphatic carbocycles. The highest BCUT2D eigenvalue weighted by Gasteiger charge is 2.18. The molecule has 1 fully saturated rings. The average Bonchev–Trinajstić information content (AvgIpc) is 2.98. The lowest BCUT2D eigenvalue weighted by atomic mass is 10.3. The number of hydrogen-bond acceptors (Lipinski definition) is 5. The number of amides is 2. The highest BCUT2D eigenvalue weighted by Crippen LogP contribution is 2.30. The summed E-state index contributed by atoms with van der Waals surface area (Å²) in [6.45, 7) is 2.86. The van der Waals surface area contributed by atoms with Gasteiger partial charge in [-0.1, -0.05) is 23.7 Å². The molecule has 1 aliphatic rings. The number of hydrazone groups is 1. The molecule has 1 aromatic heterocycles. The van der Waals surface area contributed by atoms with Crippen LogP contribution in [0.2, 0.25) is 5.02 Å². The maximum absolute atomic E-state index is 11.8. The first-order valence-corrected chi connectivity index (χ1v) is 8.77. The van der Waals surface area contributed by atoms with Crippen LogP contribution in [0.15, 0.2) is 44.3 Å². The Hall–Kier alpha value is -2.03. The van der Waals surface area contributed by atoms with Crippen LogP contribution in [0, 0.1) is 0 Å². The Bertz CT molecular complexity index is 774. The molecular formula is C16H16BrClN4O3. The first kappa shape index (κ1) is 17.8. The Balaban J connectivity index is 1.57. The number of anilines is 2. The maximum Gasteiger partial charge on any atom is 0.339 e. The topological polar surface area (TPSA) is 79.1 Å². The largest absolute Gasteiger partial charge is 0.438 e. The number of para-hydroxylation sites is 1. The predicted molar refractivity (Wildman–Crippen MR) is 101 cm³/mol. The molecule has 1 saturated heterocycles. The molecule has 0 saturated carbocycles. The number of nitrogens with zero attached hydrogens (tertiary/aromatic N) is 2. The minimum Gasteiger partial charge on any atom is -0.438 e. The van der Waals surface area contributed by atoms with Crippen molar-refractivity contribution in [2.45, 2.75) is 0 Å². The van der Waals surface area contributed by atoms with Gasteiger partial charge < -0.3 is 19.4 Å². The van der Waals surface area contributed by atoms with Crippen molar-refractivity contribution in [2.24, 2.45) is 5.10 Å². The summed E-state index contributed by atoms with van der Waals surface area (Å²) in [5, 5.41) is 6.94. The number of morpholine rings is 1. The summed E-state index contributed by atoms with van der Waals surface area (Å²) >= 11 is 9.45. The van der Waals surface area contributed by atoms with Gasteiger partial charge in [-0.15, -0.1) is 0 Å². The van der Waals surface area contributed by atoms with E-state index in [0.717, 1.165) is 23.4 Å². The fraction of sp³-hybridized carbons (Fsp3) is 0.250. The summed E-state index contributed by atoms with van der Waals surface area (Å²) in [5.41, 5.74) is 2.87. The van der Waals surface area contributed by atoms with Crippen LogP contribution in [0.4, 0.5) is 16.4 Å². The van der Waals surface area contributed by atoms with Crippen molar-refractivity contribution >= 4 is 51.3 Å². The number of nitrogens with one attached hydrogen (secondary N) is 2. The zero-order chi connectivity index (χ0) is 17.6. The van der Waals surface area contributed by atoms with Crippen molar-refractivity contribution in [1.29, 1.82) is 0 Å². The fourth-order valence-corrected chi connectivity index (χ4v) is 3.03. The molecule has 0 spiro atoms. The van der Waals surface area contributed by atoms with E-state index in [0.29, 0.717) is 29.7 Å². The summed E-state index contributed by atoms with van der Waals surface area (Å²) in [6.07, 6.45) is 1.43. The lowest BCUT2D eigenvalue weighted by Crippen LogP contribution is -2.36. The van der Waals surface area contributed by atoms with Crippen LogP contribution in [0.25, 0.3) is 0 Å². The monoisotopic (exact) mass is 426 g/mol. The van der Waals surface area contributed by atoms with E-state index in [2.05, 4.69) is 36.7 Å². The third-order valence-electron chi connectivity index (χ3n) is 3.47. The van der Waals surface area contributed by atoms with Gasteiger partial charge in [0, 0.05) is 19.2 Å². The van der Waals surface area contributed by atoms with Gasteiger partial charge in [-0.05, 0) is 28.1 Å². The molecule has 2 amide bonds. The SMILES string of the molecule is O=C(N/N=C/c1cc(Br)c(N2CCOCC2)o1)Nc1ccccc1Cl. The standard InChI is InChI=1S/C16H16BrClN4O3/c17-12-9-11(25-15(12)22-5-7-24-8-6-22)10-19-21-16(23)20-14-4-2-1-3-13(14)18/h1-4,9-10H,5-8H2,(H2,20,21,23)/b19-10+. The highest BCUT2D eigenvalue weighted by molar-refractivity contribution is 9.10. The van der Waals surface area contributed by atoms with E-state index >= 15 is 0 Å². The summed E-state index contributed by atoms with van der Waals surface area (Å²) in [6, 6.07) is 8.24. The van der Waals surface area contributed by atoms with E-state index in [1.807, 2.05) is 0 Å². The fourth-order valence-electron chi connectivity index (χ4n) is 2.29. The van der Waals surface area contributed by atoms with Gasteiger partial charge in [-0.2, -0.15) is 5.10 Å². The lowest BCUT2D eigenvalue weighted by Gasteiger charge is -2.26. The Labute approximate surface area is 158 Å². The van der Waals surface area contributed by atoms with Crippen LogP contribution in [0.1, 0.15) is 5.76 Å². The number of carbonyl (C=O) groups excluding carboxylic acids is 1. The predicted octanol–water partition coefficient (Wildman–Crippen LogP) is 3.69. The second-order valence-electron chi connectivity index (χ2n) is 5.21. The van der Waals surface area contributed by atoms with E-state index in [1.54, 1.807) is 30.3 Å². The molecule has 2 N–H and O–H groups in total. The van der Waals surface area contributed by atoms with E-state index in [4.69, 9.17) is 20.8 Å². The van der Waals surface area contributed by atoms with Crippen molar-refractivity contribution in [2.75, 3.05) is 36.5 Å². The third kappa shape index (κ3) is 4.75. The molecule has 7 nitrogen and oxygen atoms in total. The number of rotatable bonds is 4. The summed E-state index contributed by atoms with van der Waals surface area (Å²) in [4.78, 5) is 13.9. The van der Waals surface area contributed by atoms with Crippen molar-refractivity contribution in [3.8, 4) is 0 Å². The number of urea groups is 1. The van der Waals surface area contributed by atoms with E-state index in [-0.39, 0.29) is 0 Å². The molecule has 1 aliphatic heterocycles. The zero-order valence-electron chi connectivity index (χ0n) is 13.2. The van der Waals surface area contributed by atoms with Gasteiger partial charge in [0.2, 0.25) is 5.88 Å². The second kappa shape index (κ2) is 8.37. The Morgan fingerprint density at radius 1 is 1.32 bits per heavy atom. The lowest BCUT2D eigenvalue weighted by molar-refractivity contribution is 0.120. The van der Waals surface area contributed by atoms with Gasteiger partial charge >= 0.3 is 6.03 Å². The Kier molecular flexibility index (Phi) is 5.95. The van der Waals surface area contributed by atoms with Crippen LogP contribution in [0.3, 0.4) is 0 Å². The second-order valence-corrected chi connectivity index (χ2v) is 6.47. The number of carbonyl (C=O) groups is 1. The van der Waals surface area contributed by atoms with E-state index < -0.39 is 6.03 Å². The zero-order valence-corrected chi connectivity index (χ0v) is 15.5. The van der Waals surface area contributed by atoms with Gasteiger partial charge in [0.15, 0.2) is 5.76 Å². The van der Waals surface area contributed by atoms with Crippen LogP contribution in [0.5, 0.6) is 0 Å². The first-order chi connectivity index (χ1) is 12.1. The summed E-state index contributed by atoms with van der Waals surface area (Å²) < 4.78 is 11.9. The molecule has 0 unspecified atom stereocenters. The summed E-state index contributed by atoms with van der Waals surface area (Å²) in [7, 11) is 0. The molecule has 25 heavy (non-hydrogen) atoms. The molecule has 132 valence electrons. The molecule has 0 atom stereocenters. The smallest absolute Gasteiger partial charge is 0.339 e. The average molecular weight is 428 g/mol. The molecule has 9 heteroatoms. The first-order valence-electron chi connectivity index (χ1n) is 7.60. The van der Waals surface area contributed by atoms with Crippen molar-refractivity contribution < 1.29 is 13.9 Å². The van der Waals surface area contributed by atoms with Crippen molar-refractivity contribution in [3.63, 3.8) is 0 Å². The van der Waals surface area contributed by atoms with Gasteiger partial charge in [-0.3, -0.25) is 0 Å².